The van der Waals surface area contributed by atoms with Crippen LogP contribution >= 0.6 is 0 Å². The highest BCUT2D eigenvalue weighted by Crippen LogP contribution is 2.13. The summed E-state index contributed by atoms with van der Waals surface area (Å²) in [5.41, 5.74) is 1.86. The highest BCUT2D eigenvalue weighted by Gasteiger charge is 2.07. The van der Waals surface area contributed by atoms with Crippen molar-refractivity contribution in [3.8, 4) is 5.75 Å². The third kappa shape index (κ3) is 4.05. The second-order valence-corrected chi connectivity index (χ2v) is 4.73. The van der Waals surface area contributed by atoms with E-state index in [-0.39, 0.29) is 11.7 Å². The average molecular weight is 287 g/mol. The van der Waals surface area contributed by atoms with E-state index < -0.39 is 0 Å². The number of carbonyl (C=O) groups excluding carboxylic acids is 1. The number of nitrogens with one attached hydrogen (secondary N) is 1. The van der Waals surface area contributed by atoms with E-state index >= 15 is 0 Å². The van der Waals surface area contributed by atoms with Gasteiger partial charge in [0.25, 0.3) is 5.91 Å². The van der Waals surface area contributed by atoms with Crippen molar-refractivity contribution in [2.24, 2.45) is 0 Å². The van der Waals surface area contributed by atoms with E-state index in [4.69, 9.17) is 4.74 Å². The van der Waals surface area contributed by atoms with Gasteiger partial charge in [0.2, 0.25) is 0 Å². The molecule has 0 unspecified atom stereocenters. The maximum atomic E-state index is 13.2. The van der Waals surface area contributed by atoms with E-state index in [0.717, 1.165) is 11.3 Å². The van der Waals surface area contributed by atoms with Crippen LogP contribution in [0.5, 0.6) is 5.75 Å². The standard InChI is InChI=1S/C17H18FNO2/c1-3-21-15-6-4-5-13(10-15)11-19-17(20)14-7-8-16(18)12(2)9-14/h4-10H,3,11H2,1-2H3,(H,19,20). The molecule has 0 saturated carbocycles. The minimum Gasteiger partial charge on any atom is -0.494 e. The molecule has 2 aromatic rings. The molecule has 21 heavy (non-hydrogen) atoms. The summed E-state index contributed by atoms with van der Waals surface area (Å²) in [5, 5.41) is 2.81. The van der Waals surface area contributed by atoms with Crippen molar-refractivity contribution in [3.63, 3.8) is 0 Å². The van der Waals surface area contributed by atoms with Crippen LogP contribution in [-0.2, 0) is 6.54 Å². The lowest BCUT2D eigenvalue weighted by atomic mass is 10.1. The quantitative estimate of drug-likeness (QED) is 0.914. The van der Waals surface area contributed by atoms with Crippen LogP contribution in [0.25, 0.3) is 0 Å². The monoisotopic (exact) mass is 287 g/mol. The molecule has 0 bridgehead atoms. The van der Waals surface area contributed by atoms with Gasteiger partial charge in [0.15, 0.2) is 0 Å². The molecule has 0 aromatic heterocycles. The zero-order valence-electron chi connectivity index (χ0n) is 12.2. The second-order valence-electron chi connectivity index (χ2n) is 4.73. The summed E-state index contributed by atoms with van der Waals surface area (Å²) in [6.07, 6.45) is 0. The number of hydrogen-bond acceptors (Lipinski definition) is 2. The molecule has 0 aliphatic rings. The predicted octanol–water partition coefficient (Wildman–Crippen LogP) is 3.46. The van der Waals surface area contributed by atoms with Crippen molar-refractivity contribution >= 4 is 5.91 Å². The van der Waals surface area contributed by atoms with Gasteiger partial charge in [-0.25, -0.2) is 4.39 Å². The Hall–Kier alpha value is -2.36. The van der Waals surface area contributed by atoms with Gasteiger partial charge in [-0.1, -0.05) is 12.1 Å². The fourth-order valence-electron chi connectivity index (χ4n) is 1.98. The van der Waals surface area contributed by atoms with Crippen molar-refractivity contribution < 1.29 is 13.9 Å². The van der Waals surface area contributed by atoms with Gasteiger partial charge in [0.1, 0.15) is 11.6 Å². The Bertz CT molecular complexity index is 640. The first kappa shape index (κ1) is 15.0. The Morgan fingerprint density at radius 1 is 1.24 bits per heavy atom. The SMILES string of the molecule is CCOc1cccc(CNC(=O)c2ccc(F)c(C)c2)c1. The molecule has 0 radical (unpaired) electrons. The molecule has 1 amide bonds. The Morgan fingerprint density at radius 2 is 2.05 bits per heavy atom. The highest BCUT2D eigenvalue weighted by molar-refractivity contribution is 5.94. The zero-order chi connectivity index (χ0) is 15.2. The molecule has 2 aromatic carbocycles. The lowest BCUT2D eigenvalue weighted by Crippen LogP contribution is -2.22. The van der Waals surface area contributed by atoms with Crippen LogP contribution in [0, 0.1) is 12.7 Å². The Labute approximate surface area is 123 Å². The third-order valence-corrected chi connectivity index (χ3v) is 3.08. The zero-order valence-corrected chi connectivity index (χ0v) is 12.2. The smallest absolute Gasteiger partial charge is 0.251 e. The van der Waals surface area contributed by atoms with Crippen LogP contribution in [0.4, 0.5) is 4.39 Å². The molecule has 0 spiro atoms. The molecule has 0 heterocycles. The van der Waals surface area contributed by atoms with Crippen molar-refractivity contribution in [1.29, 1.82) is 0 Å². The number of aryl methyl sites for hydroxylation is 1. The van der Waals surface area contributed by atoms with Gasteiger partial charge >= 0.3 is 0 Å². The minimum absolute atomic E-state index is 0.222. The van der Waals surface area contributed by atoms with Crippen LogP contribution in [0.1, 0.15) is 28.4 Å². The molecule has 1 N–H and O–H groups in total. The summed E-state index contributed by atoms with van der Waals surface area (Å²) < 4.78 is 18.6. The molecule has 4 heteroatoms. The predicted molar refractivity (Wildman–Crippen MR) is 79.9 cm³/mol. The van der Waals surface area contributed by atoms with E-state index in [9.17, 15) is 9.18 Å². The second kappa shape index (κ2) is 6.88. The molecule has 0 saturated heterocycles. The molecule has 0 fully saturated rings. The maximum absolute atomic E-state index is 13.2. The van der Waals surface area contributed by atoms with Gasteiger partial charge in [-0.3, -0.25) is 4.79 Å². The fourth-order valence-corrected chi connectivity index (χ4v) is 1.98. The summed E-state index contributed by atoms with van der Waals surface area (Å²) in [5.74, 6) is 0.248. The summed E-state index contributed by atoms with van der Waals surface area (Å²) in [4.78, 5) is 12.0. The summed E-state index contributed by atoms with van der Waals surface area (Å²) in [6.45, 7) is 4.56. The van der Waals surface area contributed by atoms with Gasteiger partial charge in [-0.15, -0.1) is 0 Å². The van der Waals surface area contributed by atoms with Crippen LogP contribution in [0.15, 0.2) is 42.5 Å². The van der Waals surface area contributed by atoms with Crippen LogP contribution in [-0.4, -0.2) is 12.5 Å². The van der Waals surface area contributed by atoms with E-state index in [1.54, 1.807) is 13.0 Å². The van der Waals surface area contributed by atoms with Gasteiger partial charge < -0.3 is 10.1 Å². The number of benzene rings is 2. The Morgan fingerprint density at radius 3 is 2.76 bits per heavy atom. The number of ether oxygens (including phenoxy) is 1. The van der Waals surface area contributed by atoms with Crippen molar-refractivity contribution in [3.05, 3.63) is 65.0 Å². The first-order chi connectivity index (χ1) is 10.1. The van der Waals surface area contributed by atoms with E-state index in [1.807, 2.05) is 31.2 Å². The number of hydrogen-bond donors (Lipinski definition) is 1. The molecule has 3 nitrogen and oxygen atoms in total. The van der Waals surface area contributed by atoms with Crippen molar-refractivity contribution in [2.75, 3.05) is 6.61 Å². The van der Waals surface area contributed by atoms with Crippen LogP contribution < -0.4 is 10.1 Å². The third-order valence-electron chi connectivity index (χ3n) is 3.08. The Kier molecular flexibility index (Phi) is 4.93. The molecule has 2 rings (SSSR count). The number of amides is 1. The van der Waals surface area contributed by atoms with E-state index in [0.29, 0.717) is 24.3 Å². The fraction of sp³-hybridized carbons (Fsp3) is 0.235. The van der Waals surface area contributed by atoms with Crippen LogP contribution in [0.3, 0.4) is 0 Å². The lowest BCUT2D eigenvalue weighted by Gasteiger charge is -2.08. The average Bonchev–Trinajstić information content (AvgIpc) is 2.48. The number of halogens is 1. The first-order valence-electron chi connectivity index (χ1n) is 6.86. The number of carbonyl (C=O) groups is 1. The van der Waals surface area contributed by atoms with Crippen molar-refractivity contribution in [2.45, 2.75) is 20.4 Å². The highest BCUT2D eigenvalue weighted by atomic mass is 19.1. The van der Waals surface area contributed by atoms with Gasteiger partial charge in [-0.05, 0) is 55.3 Å². The molecular formula is C17H18FNO2. The largest absolute Gasteiger partial charge is 0.494 e. The van der Waals surface area contributed by atoms with E-state index in [1.165, 1.54) is 12.1 Å². The maximum Gasteiger partial charge on any atom is 0.251 e. The van der Waals surface area contributed by atoms with Crippen LogP contribution in [0.2, 0.25) is 0 Å². The Balaban J connectivity index is 2.00. The van der Waals surface area contributed by atoms with E-state index in [2.05, 4.69) is 5.32 Å². The minimum atomic E-state index is -0.309. The molecular weight excluding hydrogens is 269 g/mol. The summed E-state index contributed by atoms with van der Waals surface area (Å²) in [7, 11) is 0. The molecule has 0 aliphatic heterocycles. The number of rotatable bonds is 5. The van der Waals surface area contributed by atoms with Gasteiger partial charge in [-0.2, -0.15) is 0 Å². The molecule has 0 atom stereocenters. The summed E-state index contributed by atoms with van der Waals surface area (Å²) >= 11 is 0. The molecule has 0 aliphatic carbocycles. The van der Waals surface area contributed by atoms with Crippen molar-refractivity contribution in [1.82, 2.24) is 5.32 Å². The summed E-state index contributed by atoms with van der Waals surface area (Å²) in [6, 6.07) is 11.9. The lowest BCUT2D eigenvalue weighted by molar-refractivity contribution is 0.0950. The van der Waals surface area contributed by atoms with Gasteiger partial charge in [0, 0.05) is 12.1 Å². The van der Waals surface area contributed by atoms with Gasteiger partial charge in [0.05, 0.1) is 6.61 Å². The first-order valence-corrected chi connectivity index (χ1v) is 6.86. The normalized spacial score (nSPS) is 10.2. The topological polar surface area (TPSA) is 38.3 Å². The molecule has 110 valence electrons.